The number of carbonyl (C=O) groups is 2. The Bertz CT molecular complexity index is 313. The van der Waals surface area contributed by atoms with Gasteiger partial charge < -0.3 is 9.47 Å². The summed E-state index contributed by atoms with van der Waals surface area (Å²) in [5, 5.41) is 0. The molecule has 96 valence electrons. The van der Waals surface area contributed by atoms with E-state index in [-0.39, 0.29) is 36.0 Å². The van der Waals surface area contributed by atoms with Gasteiger partial charge in [-0.1, -0.05) is 33.1 Å². The molecular formula is C13H20O4. The Morgan fingerprint density at radius 2 is 1.82 bits per heavy atom. The van der Waals surface area contributed by atoms with Crippen LogP contribution in [0.2, 0.25) is 0 Å². The average molecular weight is 240 g/mol. The van der Waals surface area contributed by atoms with Crippen LogP contribution in [0.25, 0.3) is 0 Å². The van der Waals surface area contributed by atoms with E-state index in [2.05, 4.69) is 6.92 Å². The van der Waals surface area contributed by atoms with Crippen LogP contribution in [0.15, 0.2) is 0 Å². The summed E-state index contributed by atoms with van der Waals surface area (Å²) < 4.78 is 10.6. The Morgan fingerprint density at radius 3 is 2.53 bits per heavy atom. The van der Waals surface area contributed by atoms with Crippen LogP contribution in [0, 0.1) is 11.8 Å². The van der Waals surface area contributed by atoms with Gasteiger partial charge in [-0.05, 0) is 12.8 Å². The number of cyclic esters (lactones) is 1. The lowest BCUT2D eigenvalue weighted by atomic mass is 9.90. The molecule has 2 heterocycles. The first kappa shape index (κ1) is 12.4. The van der Waals surface area contributed by atoms with E-state index in [0.29, 0.717) is 0 Å². The van der Waals surface area contributed by atoms with Gasteiger partial charge in [-0.15, -0.1) is 0 Å². The van der Waals surface area contributed by atoms with Crippen molar-refractivity contribution < 1.29 is 19.1 Å². The van der Waals surface area contributed by atoms with Crippen molar-refractivity contribution in [3.8, 4) is 0 Å². The molecule has 2 fully saturated rings. The highest BCUT2D eigenvalue weighted by molar-refractivity contribution is 5.87. The summed E-state index contributed by atoms with van der Waals surface area (Å²) in [6.07, 6.45) is 4.83. The zero-order chi connectivity index (χ0) is 12.4. The van der Waals surface area contributed by atoms with Gasteiger partial charge in [-0.25, -0.2) is 0 Å². The van der Waals surface area contributed by atoms with Crippen molar-refractivity contribution in [3.05, 3.63) is 0 Å². The molecule has 2 saturated heterocycles. The van der Waals surface area contributed by atoms with Crippen LogP contribution in [-0.2, 0) is 19.1 Å². The SMILES string of the molecule is CCCCCC[C@H]1OC(=O)[C@@H]2[C@H]1OC(=O)[C@@H]2C. The lowest BCUT2D eigenvalue weighted by Gasteiger charge is -2.15. The van der Waals surface area contributed by atoms with Gasteiger partial charge in [0.2, 0.25) is 0 Å². The third-order valence-corrected chi connectivity index (χ3v) is 3.76. The van der Waals surface area contributed by atoms with Gasteiger partial charge in [0.25, 0.3) is 0 Å². The molecule has 0 saturated carbocycles. The molecular weight excluding hydrogens is 220 g/mol. The maximum Gasteiger partial charge on any atom is 0.314 e. The van der Waals surface area contributed by atoms with Crippen LogP contribution in [-0.4, -0.2) is 24.1 Å². The number of ether oxygens (including phenoxy) is 2. The van der Waals surface area contributed by atoms with E-state index in [1.165, 1.54) is 12.8 Å². The first-order chi connectivity index (χ1) is 8.15. The van der Waals surface area contributed by atoms with E-state index in [0.717, 1.165) is 19.3 Å². The molecule has 2 aliphatic heterocycles. The zero-order valence-electron chi connectivity index (χ0n) is 10.5. The number of carbonyl (C=O) groups excluding carboxylic acids is 2. The molecule has 2 aliphatic rings. The Kier molecular flexibility index (Phi) is 3.69. The monoisotopic (exact) mass is 240 g/mol. The van der Waals surface area contributed by atoms with Crippen LogP contribution in [0.5, 0.6) is 0 Å². The topological polar surface area (TPSA) is 52.6 Å². The molecule has 0 radical (unpaired) electrons. The van der Waals surface area contributed by atoms with Crippen LogP contribution in [0.4, 0.5) is 0 Å². The lowest BCUT2D eigenvalue weighted by molar-refractivity contribution is -0.155. The van der Waals surface area contributed by atoms with Crippen molar-refractivity contribution >= 4 is 11.9 Å². The molecule has 17 heavy (non-hydrogen) atoms. The first-order valence-corrected chi connectivity index (χ1v) is 6.56. The van der Waals surface area contributed by atoms with Gasteiger partial charge in [0, 0.05) is 0 Å². The summed E-state index contributed by atoms with van der Waals surface area (Å²) in [5.74, 6) is -1.21. The van der Waals surface area contributed by atoms with Gasteiger partial charge in [-0.3, -0.25) is 9.59 Å². The molecule has 0 unspecified atom stereocenters. The van der Waals surface area contributed by atoms with Gasteiger partial charge in [0.05, 0.1) is 5.92 Å². The first-order valence-electron chi connectivity index (χ1n) is 6.56. The number of rotatable bonds is 5. The highest BCUT2D eigenvalue weighted by atomic mass is 16.6. The molecule has 0 amide bonds. The summed E-state index contributed by atoms with van der Waals surface area (Å²) in [6, 6.07) is 0. The number of hydrogen-bond donors (Lipinski definition) is 0. The Hall–Kier alpha value is -1.06. The second-order valence-corrected chi connectivity index (χ2v) is 5.04. The standard InChI is InChI=1S/C13H20O4/c1-3-4-5-6-7-9-11-10(13(15)16-9)8(2)12(14)17-11/h8-11H,3-7H2,1-2H3/t8-,9-,10+,11+/m1/s1. The molecule has 0 aromatic carbocycles. The third kappa shape index (κ3) is 2.31. The largest absolute Gasteiger partial charge is 0.458 e. The van der Waals surface area contributed by atoms with Gasteiger partial charge in [0.15, 0.2) is 6.10 Å². The molecule has 0 bridgehead atoms. The fourth-order valence-electron chi connectivity index (χ4n) is 2.68. The summed E-state index contributed by atoms with van der Waals surface area (Å²) in [7, 11) is 0. The maximum absolute atomic E-state index is 11.7. The van der Waals surface area contributed by atoms with E-state index < -0.39 is 0 Å². The molecule has 2 rings (SSSR count). The van der Waals surface area contributed by atoms with Crippen LogP contribution in [0.3, 0.4) is 0 Å². The molecule has 0 aromatic rings. The fraction of sp³-hybridized carbons (Fsp3) is 0.846. The van der Waals surface area contributed by atoms with Gasteiger partial charge >= 0.3 is 11.9 Å². The van der Waals surface area contributed by atoms with E-state index in [1.54, 1.807) is 6.92 Å². The molecule has 4 nitrogen and oxygen atoms in total. The Labute approximate surface area is 102 Å². The molecule has 4 atom stereocenters. The normalized spacial score (nSPS) is 35.6. The summed E-state index contributed by atoms with van der Waals surface area (Å²) in [6.45, 7) is 3.90. The molecule has 4 heteroatoms. The van der Waals surface area contributed by atoms with E-state index in [4.69, 9.17) is 9.47 Å². The van der Waals surface area contributed by atoms with Crippen LogP contribution in [0.1, 0.15) is 46.0 Å². The second kappa shape index (κ2) is 5.07. The Balaban J connectivity index is 1.89. The predicted octanol–water partition coefficient (Wildman–Crippen LogP) is 2.06. The highest BCUT2D eigenvalue weighted by Gasteiger charge is 2.56. The van der Waals surface area contributed by atoms with Crippen molar-refractivity contribution in [2.24, 2.45) is 11.8 Å². The van der Waals surface area contributed by atoms with Crippen molar-refractivity contribution in [3.63, 3.8) is 0 Å². The molecule has 0 N–H and O–H groups in total. The van der Waals surface area contributed by atoms with Crippen molar-refractivity contribution in [2.75, 3.05) is 0 Å². The number of unbranched alkanes of at least 4 members (excludes halogenated alkanes) is 3. The summed E-state index contributed by atoms with van der Waals surface area (Å²) in [5.41, 5.74) is 0. The quantitative estimate of drug-likeness (QED) is 0.545. The van der Waals surface area contributed by atoms with Gasteiger partial charge in [0.1, 0.15) is 12.0 Å². The minimum atomic E-state index is -0.362. The summed E-state index contributed by atoms with van der Waals surface area (Å²) >= 11 is 0. The zero-order valence-corrected chi connectivity index (χ0v) is 10.5. The lowest BCUT2D eigenvalue weighted by Crippen LogP contribution is -2.25. The molecule has 0 spiro atoms. The minimum absolute atomic E-state index is 0.210. The molecule has 0 aliphatic carbocycles. The average Bonchev–Trinajstić information content (AvgIpc) is 2.75. The number of hydrogen-bond acceptors (Lipinski definition) is 4. The van der Waals surface area contributed by atoms with Crippen molar-refractivity contribution in [2.45, 2.75) is 58.2 Å². The Morgan fingerprint density at radius 1 is 1.06 bits per heavy atom. The molecule has 0 aromatic heterocycles. The fourth-order valence-corrected chi connectivity index (χ4v) is 2.68. The smallest absolute Gasteiger partial charge is 0.314 e. The van der Waals surface area contributed by atoms with Gasteiger partial charge in [-0.2, -0.15) is 0 Å². The maximum atomic E-state index is 11.7. The van der Waals surface area contributed by atoms with Crippen molar-refractivity contribution in [1.29, 1.82) is 0 Å². The predicted molar refractivity (Wildman–Crippen MR) is 61.2 cm³/mol. The summed E-state index contributed by atoms with van der Waals surface area (Å²) in [4.78, 5) is 23.1. The van der Waals surface area contributed by atoms with Crippen LogP contribution < -0.4 is 0 Å². The highest BCUT2D eigenvalue weighted by Crippen LogP contribution is 2.39. The van der Waals surface area contributed by atoms with E-state index in [1.807, 2.05) is 0 Å². The third-order valence-electron chi connectivity index (χ3n) is 3.76. The van der Waals surface area contributed by atoms with Crippen molar-refractivity contribution in [1.82, 2.24) is 0 Å². The minimum Gasteiger partial charge on any atom is -0.458 e. The van der Waals surface area contributed by atoms with E-state index >= 15 is 0 Å². The van der Waals surface area contributed by atoms with Crippen LogP contribution >= 0.6 is 0 Å². The number of fused-ring (bicyclic) bond motifs is 1. The van der Waals surface area contributed by atoms with E-state index in [9.17, 15) is 9.59 Å². The second-order valence-electron chi connectivity index (χ2n) is 5.04. The number of esters is 2.